The molecule has 0 spiro atoms. The Hall–Kier alpha value is -2.05. The monoisotopic (exact) mass is 353 g/mol. The number of hydrogen-bond donors (Lipinski definition) is 2. The summed E-state index contributed by atoms with van der Waals surface area (Å²) in [6, 6.07) is 2.04. The minimum atomic E-state index is -1.07. The van der Waals surface area contributed by atoms with Gasteiger partial charge in [-0.15, -0.1) is 0 Å². The molecule has 0 bridgehead atoms. The van der Waals surface area contributed by atoms with Crippen molar-refractivity contribution >= 4 is 35.1 Å². The van der Waals surface area contributed by atoms with Crippen LogP contribution in [0.4, 0.5) is 0 Å². The molecule has 0 saturated carbocycles. The number of H-pyrrole nitrogens is 1. The molecule has 0 radical (unpaired) electrons. The largest absolute Gasteiger partial charge is 0.480 e. The second-order valence-electron chi connectivity index (χ2n) is 5.38. The van der Waals surface area contributed by atoms with Gasteiger partial charge < -0.3 is 15.0 Å². The van der Waals surface area contributed by atoms with Crippen molar-refractivity contribution in [2.24, 2.45) is 0 Å². The summed E-state index contributed by atoms with van der Waals surface area (Å²) in [6.07, 6.45) is 1.66. The summed E-state index contributed by atoms with van der Waals surface area (Å²) >= 11 is 12.2. The Balaban J connectivity index is 1.99. The van der Waals surface area contributed by atoms with Crippen molar-refractivity contribution in [3.63, 3.8) is 0 Å². The normalized spacial score (nSPS) is 17.0. The van der Waals surface area contributed by atoms with E-state index in [-0.39, 0.29) is 18.5 Å². The first-order valence-corrected chi connectivity index (χ1v) is 7.64. The predicted molar refractivity (Wildman–Crippen MR) is 84.8 cm³/mol. The molecular formula is C15H13Cl2N3O3. The number of halogens is 2. The third-order valence-electron chi connectivity index (χ3n) is 3.97. The summed E-state index contributed by atoms with van der Waals surface area (Å²) in [4.78, 5) is 32.6. The van der Waals surface area contributed by atoms with E-state index in [0.29, 0.717) is 21.3 Å². The number of rotatable bonds is 2. The Kier molecular flexibility index (Phi) is 4.04. The van der Waals surface area contributed by atoms with E-state index in [1.807, 2.05) is 0 Å². The number of aliphatic carboxylic acids is 1. The summed E-state index contributed by atoms with van der Waals surface area (Å²) in [5.41, 5.74) is 2.34. The van der Waals surface area contributed by atoms with E-state index in [0.717, 1.165) is 5.69 Å². The number of amides is 1. The molecule has 1 amide bonds. The molecule has 1 aromatic carbocycles. The van der Waals surface area contributed by atoms with Gasteiger partial charge in [0.2, 0.25) is 0 Å². The smallest absolute Gasteiger partial charge is 0.326 e. The van der Waals surface area contributed by atoms with Gasteiger partial charge in [0.15, 0.2) is 0 Å². The first-order chi connectivity index (χ1) is 10.9. The maximum atomic E-state index is 12.8. The lowest BCUT2D eigenvalue weighted by atomic mass is 10.0. The fourth-order valence-electron chi connectivity index (χ4n) is 2.60. The number of aromatic amines is 1. The van der Waals surface area contributed by atoms with Gasteiger partial charge in [-0.25, -0.2) is 9.78 Å². The molecule has 120 valence electrons. The van der Waals surface area contributed by atoms with E-state index < -0.39 is 17.9 Å². The standard InChI is InChI=1S/C15H13Cl2N3O3/c1-7-9(16)2-8(3-10(7)17)14(21)20-5-12-11(18-6-19-12)4-13(20)15(22)23/h2-3,6,13H,4-5H2,1H3,(H,18,19)(H,22,23)/t13-/m1/s1. The van der Waals surface area contributed by atoms with E-state index in [2.05, 4.69) is 9.97 Å². The SMILES string of the molecule is Cc1c(Cl)cc(C(=O)N2Cc3[nH]cnc3C[C@@H]2C(=O)O)cc1Cl. The average molecular weight is 354 g/mol. The first kappa shape index (κ1) is 15.8. The second kappa shape index (κ2) is 5.86. The lowest BCUT2D eigenvalue weighted by molar-refractivity contribution is -0.142. The molecule has 1 aliphatic heterocycles. The summed E-state index contributed by atoms with van der Waals surface area (Å²) in [5, 5.41) is 10.2. The van der Waals surface area contributed by atoms with Crippen LogP contribution in [0.3, 0.4) is 0 Å². The average Bonchev–Trinajstić information content (AvgIpc) is 2.97. The molecule has 23 heavy (non-hydrogen) atoms. The zero-order valence-corrected chi connectivity index (χ0v) is 13.6. The number of carboxylic acid groups (broad SMARTS) is 1. The van der Waals surface area contributed by atoms with Gasteiger partial charge in [-0.2, -0.15) is 0 Å². The number of nitrogens with zero attached hydrogens (tertiary/aromatic N) is 2. The molecular weight excluding hydrogens is 341 g/mol. The molecule has 0 unspecified atom stereocenters. The quantitative estimate of drug-likeness (QED) is 0.868. The zero-order valence-electron chi connectivity index (χ0n) is 12.1. The molecule has 1 atom stereocenters. The molecule has 3 rings (SSSR count). The fraction of sp³-hybridized carbons (Fsp3) is 0.267. The molecule has 1 aliphatic rings. The molecule has 2 heterocycles. The maximum Gasteiger partial charge on any atom is 0.326 e. The van der Waals surface area contributed by atoms with Crippen LogP contribution in [-0.4, -0.2) is 37.9 Å². The van der Waals surface area contributed by atoms with E-state index in [4.69, 9.17) is 23.2 Å². The third kappa shape index (κ3) is 2.80. The van der Waals surface area contributed by atoms with E-state index >= 15 is 0 Å². The van der Waals surface area contributed by atoms with Crippen molar-refractivity contribution in [1.29, 1.82) is 0 Å². The van der Waals surface area contributed by atoms with Crippen LogP contribution in [0.2, 0.25) is 10.0 Å². The van der Waals surface area contributed by atoms with Crippen molar-refractivity contribution in [2.45, 2.75) is 25.9 Å². The van der Waals surface area contributed by atoms with Gasteiger partial charge in [-0.3, -0.25) is 4.79 Å². The van der Waals surface area contributed by atoms with Gasteiger partial charge in [0.25, 0.3) is 5.91 Å². The van der Waals surface area contributed by atoms with Gasteiger partial charge in [0, 0.05) is 22.0 Å². The Labute approximate surface area is 142 Å². The van der Waals surface area contributed by atoms with Crippen molar-refractivity contribution < 1.29 is 14.7 Å². The third-order valence-corrected chi connectivity index (χ3v) is 4.76. The van der Waals surface area contributed by atoms with Crippen LogP contribution in [0.5, 0.6) is 0 Å². The van der Waals surface area contributed by atoms with Crippen LogP contribution in [0.1, 0.15) is 27.3 Å². The lowest BCUT2D eigenvalue weighted by Crippen LogP contribution is -2.48. The number of benzene rings is 1. The highest BCUT2D eigenvalue weighted by atomic mass is 35.5. The number of carboxylic acids is 1. The Morgan fingerprint density at radius 1 is 1.35 bits per heavy atom. The van der Waals surface area contributed by atoms with E-state index in [9.17, 15) is 14.7 Å². The van der Waals surface area contributed by atoms with Gasteiger partial charge >= 0.3 is 5.97 Å². The number of fused-ring (bicyclic) bond motifs is 1. The predicted octanol–water partition coefficient (Wildman–Crippen LogP) is 2.68. The van der Waals surface area contributed by atoms with Gasteiger partial charge in [0.05, 0.1) is 24.3 Å². The van der Waals surface area contributed by atoms with E-state index in [1.54, 1.807) is 6.92 Å². The summed E-state index contributed by atoms with van der Waals surface area (Å²) < 4.78 is 0. The highest BCUT2D eigenvalue weighted by Crippen LogP contribution is 2.28. The number of carbonyl (C=O) groups excluding carboxylic acids is 1. The van der Waals surface area contributed by atoms with Gasteiger partial charge in [0.1, 0.15) is 6.04 Å². The van der Waals surface area contributed by atoms with Crippen LogP contribution in [-0.2, 0) is 17.8 Å². The number of carbonyl (C=O) groups is 2. The van der Waals surface area contributed by atoms with Crippen LogP contribution in [0.25, 0.3) is 0 Å². The van der Waals surface area contributed by atoms with Crippen molar-refractivity contribution in [2.75, 3.05) is 0 Å². The van der Waals surface area contributed by atoms with Crippen molar-refractivity contribution in [1.82, 2.24) is 14.9 Å². The Morgan fingerprint density at radius 2 is 2.00 bits per heavy atom. The molecule has 0 fully saturated rings. The van der Waals surface area contributed by atoms with Crippen LogP contribution in [0, 0.1) is 6.92 Å². The zero-order chi connectivity index (χ0) is 16.7. The minimum Gasteiger partial charge on any atom is -0.480 e. The number of hydrogen-bond acceptors (Lipinski definition) is 3. The van der Waals surface area contributed by atoms with E-state index in [1.165, 1.54) is 23.4 Å². The fourth-order valence-corrected chi connectivity index (χ4v) is 3.09. The molecule has 2 aromatic rings. The number of imidazole rings is 1. The molecule has 8 heteroatoms. The molecule has 2 N–H and O–H groups in total. The Morgan fingerprint density at radius 3 is 2.61 bits per heavy atom. The lowest BCUT2D eigenvalue weighted by Gasteiger charge is -2.32. The van der Waals surface area contributed by atoms with Crippen LogP contribution < -0.4 is 0 Å². The second-order valence-corrected chi connectivity index (χ2v) is 6.20. The van der Waals surface area contributed by atoms with Crippen LogP contribution >= 0.6 is 23.2 Å². The Bertz CT molecular complexity index is 780. The molecule has 6 nitrogen and oxygen atoms in total. The van der Waals surface area contributed by atoms with Gasteiger partial charge in [-0.1, -0.05) is 23.2 Å². The summed E-state index contributed by atoms with van der Waals surface area (Å²) in [6.45, 7) is 1.89. The number of nitrogens with one attached hydrogen (secondary N) is 1. The van der Waals surface area contributed by atoms with Crippen molar-refractivity contribution in [3.8, 4) is 0 Å². The van der Waals surface area contributed by atoms with Crippen molar-refractivity contribution in [3.05, 3.63) is 51.0 Å². The highest BCUT2D eigenvalue weighted by molar-refractivity contribution is 6.36. The highest BCUT2D eigenvalue weighted by Gasteiger charge is 2.36. The summed E-state index contributed by atoms with van der Waals surface area (Å²) in [7, 11) is 0. The topological polar surface area (TPSA) is 86.3 Å². The summed E-state index contributed by atoms with van der Waals surface area (Å²) in [5.74, 6) is -1.50. The van der Waals surface area contributed by atoms with Gasteiger partial charge in [-0.05, 0) is 24.6 Å². The molecule has 0 aliphatic carbocycles. The first-order valence-electron chi connectivity index (χ1n) is 6.89. The maximum absolute atomic E-state index is 12.8. The molecule has 1 aromatic heterocycles. The molecule has 0 saturated heterocycles. The number of aromatic nitrogens is 2. The van der Waals surface area contributed by atoms with Crippen LogP contribution in [0.15, 0.2) is 18.5 Å². The minimum absolute atomic E-state index is 0.147.